The predicted molar refractivity (Wildman–Crippen MR) is 59.4 cm³/mol. The maximum absolute atomic E-state index is 9.21. The molecule has 0 aliphatic carbocycles. The molecule has 4 heteroatoms. The molecule has 0 aromatic carbocycles. The number of rotatable bonds is 5. The number of hydrogen-bond acceptors (Lipinski definition) is 3. The zero-order chi connectivity index (χ0) is 11.5. The molecule has 0 saturated carbocycles. The van der Waals surface area contributed by atoms with Crippen LogP contribution in [-0.4, -0.2) is 26.5 Å². The number of nitrogens with zero attached hydrogens (tertiary/aromatic N) is 3. The van der Waals surface area contributed by atoms with Crippen molar-refractivity contribution in [2.75, 3.05) is 6.61 Å². The average molecular weight is 211 g/mol. The molecule has 0 aliphatic rings. The molecule has 1 N–H and O–H groups in total. The van der Waals surface area contributed by atoms with Crippen molar-refractivity contribution in [2.24, 2.45) is 11.3 Å². The molecule has 1 heterocycles. The van der Waals surface area contributed by atoms with Gasteiger partial charge in [-0.25, -0.2) is 9.67 Å². The Bertz CT molecular complexity index is 305. The van der Waals surface area contributed by atoms with Crippen molar-refractivity contribution < 1.29 is 5.11 Å². The van der Waals surface area contributed by atoms with E-state index in [2.05, 4.69) is 23.9 Å². The van der Waals surface area contributed by atoms with Gasteiger partial charge in [-0.3, -0.25) is 0 Å². The summed E-state index contributed by atoms with van der Waals surface area (Å²) in [5.74, 6) is 1.52. The fourth-order valence-electron chi connectivity index (χ4n) is 1.41. The minimum atomic E-state index is -0.123. The molecule has 0 unspecified atom stereocenters. The minimum Gasteiger partial charge on any atom is -0.396 e. The highest BCUT2D eigenvalue weighted by Crippen LogP contribution is 2.19. The van der Waals surface area contributed by atoms with E-state index in [9.17, 15) is 5.11 Å². The summed E-state index contributed by atoms with van der Waals surface area (Å²) in [7, 11) is 0. The van der Waals surface area contributed by atoms with Crippen LogP contribution in [0.4, 0.5) is 0 Å². The van der Waals surface area contributed by atoms with Crippen molar-refractivity contribution >= 4 is 0 Å². The predicted octanol–water partition coefficient (Wildman–Crippen LogP) is 1.50. The van der Waals surface area contributed by atoms with Gasteiger partial charge in [0.05, 0.1) is 0 Å². The summed E-state index contributed by atoms with van der Waals surface area (Å²) in [5, 5.41) is 13.4. The van der Waals surface area contributed by atoms with Crippen molar-refractivity contribution in [3.63, 3.8) is 0 Å². The van der Waals surface area contributed by atoms with Gasteiger partial charge in [-0.1, -0.05) is 27.7 Å². The smallest absolute Gasteiger partial charge is 0.138 e. The second-order valence-electron chi connectivity index (χ2n) is 5.25. The van der Waals surface area contributed by atoms with Gasteiger partial charge in [-0.05, 0) is 11.3 Å². The van der Waals surface area contributed by atoms with E-state index in [4.69, 9.17) is 0 Å². The highest BCUT2D eigenvalue weighted by atomic mass is 16.3. The quantitative estimate of drug-likeness (QED) is 0.803. The molecule has 86 valence electrons. The van der Waals surface area contributed by atoms with Crippen molar-refractivity contribution in [1.82, 2.24) is 14.8 Å². The van der Waals surface area contributed by atoms with Crippen molar-refractivity contribution in [3.8, 4) is 0 Å². The summed E-state index contributed by atoms with van der Waals surface area (Å²) in [6.07, 6.45) is 2.35. The second kappa shape index (κ2) is 4.75. The molecule has 4 nitrogen and oxygen atoms in total. The van der Waals surface area contributed by atoms with Crippen molar-refractivity contribution in [3.05, 3.63) is 12.2 Å². The Morgan fingerprint density at radius 2 is 2.13 bits per heavy atom. The van der Waals surface area contributed by atoms with Gasteiger partial charge in [-0.15, -0.1) is 0 Å². The van der Waals surface area contributed by atoms with Crippen LogP contribution in [0.2, 0.25) is 0 Å². The normalized spacial score (nSPS) is 12.4. The summed E-state index contributed by atoms with van der Waals surface area (Å²) in [6.45, 7) is 9.42. The van der Waals surface area contributed by atoms with Crippen LogP contribution in [0, 0.1) is 11.3 Å². The Hall–Kier alpha value is -0.900. The lowest BCUT2D eigenvalue weighted by Crippen LogP contribution is -2.23. The first-order valence-electron chi connectivity index (χ1n) is 5.42. The molecule has 0 amide bonds. The largest absolute Gasteiger partial charge is 0.396 e. The average Bonchev–Trinajstić information content (AvgIpc) is 2.51. The van der Waals surface area contributed by atoms with Gasteiger partial charge < -0.3 is 5.11 Å². The van der Waals surface area contributed by atoms with Crippen LogP contribution in [-0.2, 0) is 13.0 Å². The topological polar surface area (TPSA) is 50.9 Å². The lowest BCUT2D eigenvalue weighted by Gasteiger charge is -2.21. The molecule has 1 aromatic heterocycles. The third-order valence-electron chi connectivity index (χ3n) is 2.30. The number of hydrogen-bond donors (Lipinski definition) is 1. The maximum Gasteiger partial charge on any atom is 0.138 e. The highest BCUT2D eigenvalue weighted by molar-refractivity contribution is 4.90. The van der Waals surface area contributed by atoms with Crippen LogP contribution < -0.4 is 0 Å². The molecule has 0 bridgehead atoms. The molecule has 15 heavy (non-hydrogen) atoms. The fourth-order valence-corrected chi connectivity index (χ4v) is 1.41. The molecule has 0 fully saturated rings. The monoisotopic (exact) mass is 211 g/mol. The van der Waals surface area contributed by atoms with Gasteiger partial charge in [0.15, 0.2) is 0 Å². The summed E-state index contributed by atoms with van der Waals surface area (Å²) < 4.78 is 1.93. The van der Waals surface area contributed by atoms with Crippen LogP contribution >= 0.6 is 0 Å². The van der Waals surface area contributed by atoms with E-state index in [0.29, 0.717) is 5.92 Å². The summed E-state index contributed by atoms with van der Waals surface area (Å²) in [6, 6.07) is 0. The van der Waals surface area contributed by atoms with E-state index in [1.165, 1.54) is 0 Å². The van der Waals surface area contributed by atoms with Crippen molar-refractivity contribution in [1.29, 1.82) is 0 Å². The third-order valence-corrected chi connectivity index (χ3v) is 2.30. The van der Waals surface area contributed by atoms with E-state index >= 15 is 0 Å². The molecule has 0 aliphatic heterocycles. The minimum absolute atomic E-state index is 0.123. The SMILES string of the molecule is CC(C)Cn1ncnc1CC(C)(C)CO. The molecule has 0 spiro atoms. The van der Waals surface area contributed by atoms with E-state index in [1.807, 2.05) is 18.5 Å². The van der Waals surface area contributed by atoms with Crippen LogP contribution in [0.15, 0.2) is 6.33 Å². The van der Waals surface area contributed by atoms with Gasteiger partial charge >= 0.3 is 0 Å². The zero-order valence-electron chi connectivity index (χ0n) is 10.1. The van der Waals surface area contributed by atoms with Crippen molar-refractivity contribution in [2.45, 2.75) is 40.7 Å². The number of aliphatic hydroxyl groups is 1. The molecule has 0 radical (unpaired) electrons. The Balaban J connectivity index is 2.73. The molecule has 1 rings (SSSR count). The number of aromatic nitrogens is 3. The summed E-state index contributed by atoms with van der Waals surface area (Å²) >= 11 is 0. The Morgan fingerprint density at radius 3 is 2.67 bits per heavy atom. The first kappa shape index (κ1) is 12.2. The Kier molecular flexibility index (Phi) is 3.85. The molecular weight excluding hydrogens is 190 g/mol. The first-order valence-corrected chi connectivity index (χ1v) is 5.42. The second-order valence-corrected chi connectivity index (χ2v) is 5.25. The lowest BCUT2D eigenvalue weighted by molar-refractivity contribution is 0.155. The van der Waals surface area contributed by atoms with Gasteiger partial charge in [0.2, 0.25) is 0 Å². The van der Waals surface area contributed by atoms with E-state index in [0.717, 1.165) is 18.8 Å². The zero-order valence-corrected chi connectivity index (χ0v) is 10.1. The maximum atomic E-state index is 9.21. The Morgan fingerprint density at radius 1 is 1.47 bits per heavy atom. The van der Waals surface area contributed by atoms with E-state index in [1.54, 1.807) is 6.33 Å². The van der Waals surface area contributed by atoms with E-state index < -0.39 is 0 Å². The van der Waals surface area contributed by atoms with Gasteiger partial charge in [0.25, 0.3) is 0 Å². The van der Waals surface area contributed by atoms with Crippen LogP contribution in [0.25, 0.3) is 0 Å². The van der Waals surface area contributed by atoms with Gasteiger partial charge in [0.1, 0.15) is 12.2 Å². The van der Waals surface area contributed by atoms with Crippen LogP contribution in [0.5, 0.6) is 0 Å². The van der Waals surface area contributed by atoms with Gasteiger partial charge in [0, 0.05) is 19.6 Å². The van der Waals surface area contributed by atoms with Crippen LogP contribution in [0.3, 0.4) is 0 Å². The number of aliphatic hydroxyl groups excluding tert-OH is 1. The summed E-state index contributed by atoms with van der Waals surface area (Å²) in [4.78, 5) is 4.24. The first-order chi connectivity index (χ1) is 6.94. The highest BCUT2D eigenvalue weighted by Gasteiger charge is 2.20. The molecule has 0 atom stereocenters. The fraction of sp³-hybridized carbons (Fsp3) is 0.818. The van der Waals surface area contributed by atoms with Crippen LogP contribution in [0.1, 0.15) is 33.5 Å². The molecular formula is C11H21N3O. The summed E-state index contributed by atoms with van der Waals surface area (Å²) in [5.41, 5.74) is -0.123. The third kappa shape index (κ3) is 3.63. The lowest BCUT2D eigenvalue weighted by atomic mass is 9.90. The van der Waals surface area contributed by atoms with Gasteiger partial charge in [-0.2, -0.15) is 5.10 Å². The standard InChI is InChI=1S/C11H21N3O/c1-9(2)6-14-10(12-8-13-14)5-11(3,4)7-15/h8-9,15H,5-7H2,1-4H3. The van der Waals surface area contributed by atoms with E-state index in [-0.39, 0.29) is 12.0 Å². The molecule has 1 aromatic rings. The Labute approximate surface area is 91.3 Å². The molecule has 0 saturated heterocycles.